The average Bonchev–Trinajstić information content (AvgIpc) is 2.60. The lowest BCUT2D eigenvalue weighted by atomic mass is 10.2. The molecule has 6 heteroatoms. The fourth-order valence-corrected chi connectivity index (χ4v) is 2.18. The van der Waals surface area contributed by atoms with Gasteiger partial charge in [-0.2, -0.15) is 0 Å². The van der Waals surface area contributed by atoms with Crippen molar-refractivity contribution >= 4 is 43.1 Å². The molecule has 0 radical (unpaired) electrons. The van der Waals surface area contributed by atoms with Gasteiger partial charge in [0.2, 0.25) is 0 Å². The van der Waals surface area contributed by atoms with Crippen molar-refractivity contribution in [3.05, 3.63) is 34.2 Å². The van der Waals surface area contributed by atoms with Gasteiger partial charge in [0.25, 0.3) is 0 Å². The summed E-state index contributed by atoms with van der Waals surface area (Å²) in [6, 6.07) is 3.14. The zero-order chi connectivity index (χ0) is 11.7. The van der Waals surface area contributed by atoms with E-state index in [-0.39, 0.29) is 5.82 Å². The van der Waals surface area contributed by atoms with E-state index in [9.17, 15) is 4.39 Å². The van der Waals surface area contributed by atoms with Crippen molar-refractivity contribution in [2.45, 2.75) is 6.92 Å². The van der Waals surface area contributed by atoms with Crippen molar-refractivity contribution in [1.29, 1.82) is 0 Å². The lowest BCUT2D eigenvalue weighted by Gasteiger charge is -2.07. The topological polar surface area (TPSA) is 50.9 Å². The average molecular weight is 302 g/mol. The molecule has 2 aromatic rings. The van der Waals surface area contributed by atoms with Crippen LogP contribution >= 0.6 is 27.3 Å². The van der Waals surface area contributed by atoms with Gasteiger partial charge in [0, 0.05) is 5.69 Å². The Morgan fingerprint density at radius 3 is 2.88 bits per heavy atom. The largest absolute Gasteiger partial charge is 0.389 e. The van der Waals surface area contributed by atoms with Gasteiger partial charge in [0.15, 0.2) is 5.13 Å². The molecule has 0 unspecified atom stereocenters. The number of anilines is 3. The second-order valence-electron chi connectivity index (χ2n) is 3.27. The van der Waals surface area contributed by atoms with Gasteiger partial charge < -0.3 is 11.1 Å². The smallest absolute Gasteiger partial charge is 0.189 e. The molecule has 0 aliphatic carbocycles. The molecule has 84 valence electrons. The zero-order valence-electron chi connectivity index (χ0n) is 8.42. The van der Waals surface area contributed by atoms with Crippen molar-refractivity contribution in [1.82, 2.24) is 4.98 Å². The van der Waals surface area contributed by atoms with E-state index in [0.29, 0.717) is 14.6 Å². The van der Waals surface area contributed by atoms with Gasteiger partial charge in [0.1, 0.15) is 10.8 Å². The molecular formula is C10H9BrFN3S. The van der Waals surface area contributed by atoms with Crippen LogP contribution in [-0.4, -0.2) is 4.98 Å². The van der Waals surface area contributed by atoms with Crippen LogP contribution in [0.15, 0.2) is 22.8 Å². The van der Waals surface area contributed by atoms with E-state index in [1.54, 1.807) is 12.3 Å². The Morgan fingerprint density at radius 2 is 2.25 bits per heavy atom. The third kappa shape index (κ3) is 2.33. The molecule has 0 aliphatic heterocycles. The van der Waals surface area contributed by atoms with Crippen LogP contribution < -0.4 is 11.1 Å². The monoisotopic (exact) mass is 301 g/mol. The Balaban J connectivity index is 2.31. The van der Waals surface area contributed by atoms with Gasteiger partial charge in [0.05, 0.1) is 10.7 Å². The first-order valence-corrected chi connectivity index (χ1v) is 6.11. The van der Waals surface area contributed by atoms with E-state index in [1.807, 2.05) is 6.92 Å². The van der Waals surface area contributed by atoms with Crippen LogP contribution in [0.5, 0.6) is 0 Å². The second-order valence-corrected chi connectivity index (χ2v) is 5.19. The Labute approximate surface area is 105 Å². The molecule has 0 saturated heterocycles. The molecule has 0 amide bonds. The minimum Gasteiger partial charge on any atom is -0.389 e. The van der Waals surface area contributed by atoms with Crippen molar-refractivity contribution in [3.63, 3.8) is 0 Å². The van der Waals surface area contributed by atoms with Crippen molar-refractivity contribution in [2.75, 3.05) is 11.1 Å². The predicted molar refractivity (Wildman–Crippen MR) is 68.6 cm³/mol. The number of nitrogens with one attached hydrogen (secondary N) is 1. The molecule has 0 aliphatic rings. The fraction of sp³-hybridized carbons (Fsp3) is 0.100. The summed E-state index contributed by atoms with van der Waals surface area (Å²) in [6.45, 7) is 1.83. The summed E-state index contributed by atoms with van der Waals surface area (Å²) in [4.78, 5) is 4.08. The third-order valence-electron chi connectivity index (χ3n) is 2.03. The fourth-order valence-electron chi connectivity index (χ4n) is 1.24. The van der Waals surface area contributed by atoms with Crippen LogP contribution in [0.2, 0.25) is 0 Å². The SMILES string of the molecule is Cc1cc(F)c(Br)cc1Nc1ncc(N)s1. The highest BCUT2D eigenvalue weighted by molar-refractivity contribution is 9.10. The third-order valence-corrected chi connectivity index (χ3v) is 3.38. The van der Waals surface area contributed by atoms with Gasteiger partial charge >= 0.3 is 0 Å². The van der Waals surface area contributed by atoms with E-state index in [4.69, 9.17) is 5.73 Å². The quantitative estimate of drug-likeness (QED) is 0.889. The van der Waals surface area contributed by atoms with E-state index in [2.05, 4.69) is 26.2 Å². The summed E-state index contributed by atoms with van der Waals surface area (Å²) in [7, 11) is 0. The first kappa shape index (κ1) is 11.3. The molecule has 0 bridgehead atoms. The number of thiazole rings is 1. The lowest BCUT2D eigenvalue weighted by Crippen LogP contribution is -1.93. The molecule has 1 aromatic heterocycles. The van der Waals surface area contributed by atoms with Gasteiger partial charge in [-0.25, -0.2) is 9.37 Å². The van der Waals surface area contributed by atoms with Gasteiger partial charge in [-0.3, -0.25) is 0 Å². The Bertz CT molecular complexity index is 527. The predicted octanol–water partition coefficient (Wildman–Crippen LogP) is 3.68. The van der Waals surface area contributed by atoms with E-state index >= 15 is 0 Å². The van der Waals surface area contributed by atoms with Crippen LogP contribution in [0.4, 0.5) is 20.2 Å². The number of halogens is 2. The first-order valence-electron chi connectivity index (χ1n) is 4.50. The Morgan fingerprint density at radius 1 is 1.50 bits per heavy atom. The summed E-state index contributed by atoms with van der Waals surface area (Å²) in [5.74, 6) is -0.276. The first-order chi connectivity index (χ1) is 7.56. The molecule has 0 saturated carbocycles. The molecule has 0 atom stereocenters. The zero-order valence-corrected chi connectivity index (χ0v) is 10.8. The number of hydrogen-bond donors (Lipinski definition) is 2. The van der Waals surface area contributed by atoms with Crippen LogP contribution in [0.25, 0.3) is 0 Å². The number of hydrogen-bond acceptors (Lipinski definition) is 4. The second kappa shape index (κ2) is 4.39. The van der Waals surface area contributed by atoms with Gasteiger partial charge in [-0.15, -0.1) is 0 Å². The Hall–Kier alpha value is -1.14. The van der Waals surface area contributed by atoms with Crippen LogP contribution in [-0.2, 0) is 0 Å². The normalized spacial score (nSPS) is 10.4. The van der Waals surface area contributed by atoms with Gasteiger partial charge in [-0.05, 0) is 40.5 Å². The standard InChI is InChI=1S/C10H9BrFN3S/c1-5-2-7(12)6(11)3-8(5)15-10-14-4-9(13)16-10/h2-4H,13H2,1H3,(H,14,15). The highest BCUT2D eigenvalue weighted by Gasteiger charge is 2.07. The summed E-state index contributed by atoms with van der Waals surface area (Å²) in [6.07, 6.45) is 1.58. The van der Waals surface area contributed by atoms with E-state index in [1.165, 1.54) is 17.4 Å². The maximum atomic E-state index is 13.2. The number of aryl methyl sites for hydroxylation is 1. The molecule has 1 heterocycles. The summed E-state index contributed by atoms with van der Waals surface area (Å²) in [5, 5.41) is 4.43. The number of nitrogens with zero attached hydrogens (tertiary/aromatic N) is 1. The minimum absolute atomic E-state index is 0.276. The maximum Gasteiger partial charge on any atom is 0.189 e. The van der Waals surface area contributed by atoms with Crippen LogP contribution in [0, 0.1) is 12.7 Å². The lowest BCUT2D eigenvalue weighted by molar-refractivity contribution is 0.620. The number of aromatic nitrogens is 1. The Kier molecular flexibility index (Phi) is 3.11. The molecule has 2 rings (SSSR count). The number of nitrogen functional groups attached to an aromatic ring is 1. The molecule has 0 spiro atoms. The van der Waals surface area contributed by atoms with Crippen LogP contribution in [0.3, 0.4) is 0 Å². The summed E-state index contributed by atoms with van der Waals surface area (Å²) >= 11 is 4.49. The minimum atomic E-state index is -0.276. The van der Waals surface area contributed by atoms with Crippen LogP contribution in [0.1, 0.15) is 5.56 Å². The van der Waals surface area contributed by atoms with Crippen molar-refractivity contribution in [3.8, 4) is 0 Å². The summed E-state index contributed by atoms with van der Waals surface area (Å²) < 4.78 is 13.6. The molecular weight excluding hydrogens is 293 g/mol. The summed E-state index contributed by atoms with van der Waals surface area (Å²) in [5.41, 5.74) is 7.19. The highest BCUT2D eigenvalue weighted by atomic mass is 79.9. The number of rotatable bonds is 2. The van der Waals surface area contributed by atoms with Crippen molar-refractivity contribution < 1.29 is 4.39 Å². The molecule has 3 nitrogen and oxygen atoms in total. The van der Waals surface area contributed by atoms with Gasteiger partial charge in [-0.1, -0.05) is 11.3 Å². The molecule has 16 heavy (non-hydrogen) atoms. The molecule has 1 aromatic carbocycles. The number of nitrogens with two attached hydrogens (primary N) is 1. The van der Waals surface area contributed by atoms with E-state index in [0.717, 1.165) is 11.3 Å². The molecule has 0 fully saturated rings. The highest BCUT2D eigenvalue weighted by Crippen LogP contribution is 2.29. The van der Waals surface area contributed by atoms with Crippen molar-refractivity contribution in [2.24, 2.45) is 0 Å². The number of benzene rings is 1. The molecule has 3 N–H and O–H groups in total. The van der Waals surface area contributed by atoms with E-state index < -0.39 is 0 Å². The maximum absolute atomic E-state index is 13.2.